The molecule has 4 nitrogen and oxygen atoms in total. The summed E-state index contributed by atoms with van der Waals surface area (Å²) in [6.07, 6.45) is 0.592. The zero-order valence-corrected chi connectivity index (χ0v) is 5.89. The smallest absolute Gasteiger partial charge is 0.248 e. The van der Waals surface area contributed by atoms with Crippen LogP contribution in [0.15, 0.2) is 0 Å². The highest BCUT2D eigenvalue weighted by Crippen LogP contribution is 2.15. The number of hydrogen-bond donors (Lipinski definition) is 2. The molecule has 1 saturated heterocycles. The predicted molar refractivity (Wildman–Crippen MR) is 34.2 cm³/mol. The average molecular weight is 145 g/mol. The van der Waals surface area contributed by atoms with E-state index in [1.165, 1.54) is 0 Å². The van der Waals surface area contributed by atoms with E-state index in [-0.39, 0.29) is 19.1 Å². The van der Waals surface area contributed by atoms with Gasteiger partial charge in [-0.3, -0.25) is 4.79 Å². The van der Waals surface area contributed by atoms with Crippen LogP contribution in [0.2, 0.25) is 0 Å². The van der Waals surface area contributed by atoms with Crippen LogP contribution in [0.1, 0.15) is 13.3 Å². The van der Waals surface area contributed by atoms with Crippen molar-refractivity contribution in [2.24, 2.45) is 0 Å². The van der Waals surface area contributed by atoms with Gasteiger partial charge in [-0.25, -0.2) is 0 Å². The quantitative estimate of drug-likeness (QED) is 0.536. The second-order valence-corrected chi connectivity index (χ2v) is 2.34. The van der Waals surface area contributed by atoms with E-state index in [0.29, 0.717) is 6.42 Å². The van der Waals surface area contributed by atoms with Crippen molar-refractivity contribution in [2.75, 3.05) is 13.2 Å². The molecule has 0 aliphatic carbocycles. The van der Waals surface area contributed by atoms with Gasteiger partial charge >= 0.3 is 0 Å². The number of rotatable bonds is 2. The molecule has 0 aromatic rings. The highest BCUT2D eigenvalue weighted by Gasteiger charge is 2.36. The van der Waals surface area contributed by atoms with E-state index in [1.807, 2.05) is 6.92 Å². The summed E-state index contributed by atoms with van der Waals surface area (Å²) in [7, 11) is 0. The number of aliphatic hydroxyl groups excluding tert-OH is 1. The Morgan fingerprint density at radius 1 is 1.90 bits per heavy atom. The molecule has 10 heavy (non-hydrogen) atoms. The zero-order chi connectivity index (χ0) is 7.61. The van der Waals surface area contributed by atoms with Gasteiger partial charge in [0, 0.05) is 0 Å². The molecular formula is C6H11NO3. The maximum Gasteiger partial charge on any atom is 0.248 e. The van der Waals surface area contributed by atoms with Crippen LogP contribution in [0.3, 0.4) is 0 Å². The number of ether oxygens (including phenoxy) is 1. The molecular weight excluding hydrogens is 134 g/mol. The monoisotopic (exact) mass is 145 g/mol. The topological polar surface area (TPSA) is 58.6 Å². The first-order valence-corrected chi connectivity index (χ1v) is 3.28. The Kier molecular flexibility index (Phi) is 1.92. The maximum atomic E-state index is 10.6. The van der Waals surface area contributed by atoms with E-state index in [0.717, 1.165) is 0 Å². The summed E-state index contributed by atoms with van der Waals surface area (Å²) in [5.74, 6) is -0.157. The number of nitrogens with one attached hydrogen (secondary N) is 1. The van der Waals surface area contributed by atoms with Crippen LogP contribution in [0.25, 0.3) is 0 Å². The fourth-order valence-corrected chi connectivity index (χ4v) is 0.917. The summed E-state index contributed by atoms with van der Waals surface area (Å²) in [5.41, 5.74) is -0.795. The third-order valence-corrected chi connectivity index (χ3v) is 1.67. The van der Waals surface area contributed by atoms with E-state index in [9.17, 15) is 4.79 Å². The zero-order valence-electron chi connectivity index (χ0n) is 5.89. The molecule has 0 saturated carbocycles. The minimum atomic E-state index is -0.795. The molecule has 4 heteroatoms. The lowest BCUT2D eigenvalue weighted by molar-refractivity contribution is -0.119. The molecule has 1 rings (SSSR count). The van der Waals surface area contributed by atoms with Crippen molar-refractivity contribution in [1.29, 1.82) is 0 Å². The summed E-state index contributed by atoms with van der Waals surface area (Å²) in [6.45, 7) is 1.76. The minimum absolute atomic E-state index is 0.0639. The van der Waals surface area contributed by atoms with Crippen molar-refractivity contribution in [3.05, 3.63) is 0 Å². The molecule has 58 valence electrons. The first kappa shape index (κ1) is 7.50. The summed E-state index contributed by atoms with van der Waals surface area (Å²) in [4.78, 5) is 10.6. The molecule has 1 aliphatic rings. The van der Waals surface area contributed by atoms with Gasteiger partial charge in [0.2, 0.25) is 5.91 Å². The molecule has 0 radical (unpaired) electrons. The summed E-state index contributed by atoms with van der Waals surface area (Å²) in [5, 5.41) is 11.4. The molecule has 1 heterocycles. The van der Waals surface area contributed by atoms with Gasteiger partial charge in [0.05, 0.1) is 6.61 Å². The highest BCUT2D eigenvalue weighted by molar-refractivity contribution is 5.79. The van der Waals surface area contributed by atoms with Crippen molar-refractivity contribution >= 4 is 5.91 Å². The van der Waals surface area contributed by atoms with Gasteiger partial charge in [-0.1, -0.05) is 6.92 Å². The van der Waals surface area contributed by atoms with Crippen molar-refractivity contribution in [2.45, 2.75) is 19.1 Å². The molecule has 0 aromatic carbocycles. The van der Waals surface area contributed by atoms with Crippen LogP contribution in [0.5, 0.6) is 0 Å². The Labute approximate surface area is 59.2 Å². The molecule has 1 unspecified atom stereocenters. The highest BCUT2D eigenvalue weighted by atomic mass is 16.5. The Bertz CT molecular complexity index is 142. The van der Waals surface area contributed by atoms with E-state index in [1.54, 1.807) is 0 Å². The number of carbonyl (C=O) groups is 1. The number of aliphatic hydroxyl groups is 1. The maximum absolute atomic E-state index is 10.6. The summed E-state index contributed by atoms with van der Waals surface area (Å²) >= 11 is 0. The third-order valence-electron chi connectivity index (χ3n) is 1.67. The Hall–Kier alpha value is -0.610. The van der Waals surface area contributed by atoms with E-state index >= 15 is 0 Å². The van der Waals surface area contributed by atoms with E-state index < -0.39 is 5.72 Å². The fourth-order valence-electron chi connectivity index (χ4n) is 0.917. The van der Waals surface area contributed by atoms with E-state index in [4.69, 9.17) is 9.84 Å². The SMILES string of the molecule is CCC1(CO)NC(=O)CO1. The average Bonchev–Trinajstić information content (AvgIpc) is 2.33. The number of amides is 1. The molecule has 1 amide bonds. The van der Waals surface area contributed by atoms with Gasteiger partial charge in [-0.2, -0.15) is 0 Å². The standard InChI is InChI=1S/C6H11NO3/c1-2-6(4-8)7-5(9)3-10-6/h8H,2-4H2,1H3,(H,7,9). The Morgan fingerprint density at radius 3 is 2.80 bits per heavy atom. The number of hydrogen-bond acceptors (Lipinski definition) is 3. The van der Waals surface area contributed by atoms with Crippen LogP contribution in [-0.2, 0) is 9.53 Å². The minimum Gasteiger partial charge on any atom is -0.391 e. The van der Waals surface area contributed by atoms with Crippen LogP contribution in [-0.4, -0.2) is 30.0 Å². The van der Waals surface area contributed by atoms with Crippen LogP contribution in [0, 0.1) is 0 Å². The largest absolute Gasteiger partial charge is 0.391 e. The summed E-state index contributed by atoms with van der Waals surface area (Å²) < 4.78 is 5.04. The van der Waals surface area contributed by atoms with Crippen molar-refractivity contribution in [1.82, 2.24) is 5.32 Å². The lowest BCUT2D eigenvalue weighted by Crippen LogP contribution is -2.45. The van der Waals surface area contributed by atoms with Crippen molar-refractivity contribution in [3.8, 4) is 0 Å². The van der Waals surface area contributed by atoms with Gasteiger partial charge < -0.3 is 15.2 Å². The van der Waals surface area contributed by atoms with Gasteiger partial charge in [0.1, 0.15) is 6.61 Å². The third kappa shape index (κ3) is 1.12. The molecule has 2 N–H and O–H groups in total. The lowest BCUT2D eigenvalue weighted by Gasteiger charge is -2.23. The molecule has 0 spiro atoms. The molecule has 0 aromatic heterocycles. The molecule has 1 aliphatic heterocycles. The first-order valence-electron chi connectivity index (χ1n) is 3.28. The Morgan fingerprint density at radius 2 is 2.60 bits per heavy atom. The van der Waals surface area contributed by atoms with E-state index in [2.05, 4.69) is 5.32 Å². The van der Waals surface area contributed by atoms with Crippen LogP contribution >= 0.6 is 0 Å². The predicted octanol–water partition coefficient (Wildman–Crippen LogP) is -0.769. The van der Waals surface area contributed by atoms with Crippen LogP contribution in [0.4, 0.5) is 0 Å². The molecule has 1 fully saturated rings. The van der Waals surface area contributed by atoms with Gasteiger partial charge in [-0.05, 0) is 6.42 Å². The second-order valence-electron chi connectivity index (χ2n) is 2.34. The number of carbonyl (C=O) groups excluding carboxylic acids is 1. The molecule has 0 bridgehead atoms. The molecule has 1 atom stereocenters. The van der Waals surface area contributed by atoms with Gasteiger partial charge in [-0.15, -0.1) is 0 Å². The Balaban J connectivity index is 2.59. The summed E-state index contributed by atoms with van der Waals surface area (Å²) in [6, 6.07) is 0. The van der Waals surface area contributed by atoms with Crippen LogP contribution < -0.4 is 5.32 Å². The van der Waals surface area contributed by atoms with Crippen molar-refractivity contribution in [3.63, 3.8) is 0 Å². The van der Waals surface area contributed by atoms with Gasteiger partial charge in [0.25, 0.3) is 0 Å². The second kappa shape index (κ2) is 2.56. The first-order chi connectivity index (χ1) is 4.72. The normalized spacial score (nSPS) is 32.4. The van der Waals surface area contributed by atoms with Crippen molar-refractivity contribution < 1.29 is 14.6 Å². The van der Waals surface area contributed by atoms with Gasteiger partial charge in [0.15, 0.2) is 5.72 Å². The lowest BCUT2D eigenvalue weighted by atomic mass is 10.2. The fraction of sp³-hybridized carbons (Fsp3) is 0.833.